The summed E-state index contributed by atoms with van der Waals surface area (Å²) in [5.41, 5.74) is 7.97. The minimum Gasteiger partial charge on any atom is -0.478 e. The van der Waals surface area contributed by atoms with Crippen molar-refractivity contribution in [2.75, 3.05) is 5.73 Å². The number of aryl methyl sites for hydroxylation is 1. The fraction of sp³-hybridized carbons (Fsp3) is 0.167. The van der Waals surface area contributed by atoms with E-state index in [-0.39, 0.29) is 0 Å². The van der Waals surface area contributed by atoms with Crippen LogP contribution in [-0.2, 0) is 16.0 Å². The van der Waals surface area contributed by atoms with Crippen LogP contribution in [0.5, 0.6) is 0 Å². The van der Waals surface area contributed by atoms with E-state index in [0.717, 1.165) is 23.5 Å². The molecule has 0 radical (unpaired) electrons. The molecule has 4 heteroatoms. The second-order valence-corrected chi connectivity index (χ2v) is 3.34. The van der Waals surface area contributed by atoms with Gasteiger partial charge in [0.05, 0.1) is 0 Å². The maximum Gasteiger partial charge on any atom is 0.328 e. The molecule has 0 fully saturated rings. The lowest BCUT2D eigenvalue weighted by molar-refractivity contribution is -0.131. The fourth-order valence-corrected chi connectivity index (χ4v) is 1.33. The van der Waals surface area contributed by atoms with Gasteiger partial charge >= 0.3 is 5.97 Å². The topological polar surface area (TPSA) is 80.4 Å². The Morgan fingerprint density at radius 2 is 2.19 bits per heavy atom. The van der Waals surface area contributed by atoms with E-state index in [1.54, 1.807) is 18.2 Å². The standard InChI is InChI=1S/C12H13NO3/c13-11-5-3-9(4-6-12(15)16)8-10(11)2-1-7-14/h3-8H,1-2,13H2,(H,15,16)/b6-4+. The van der Waals surface area contributed by atoms with E-state index in [2.05, 4.69) is 0 Å². The van der Waals surface area contributed by atoms with Crippen LogP contribution < -0.4 is 5.73 Å². The van der Waals surface area contributed by atoms with Gasteiger partial charge < -0.3 is 15.6 Å². The number of anilines is 1. The van der Waals surface area contributed by atoms with Gasteiger partial charge in [-0.15, -0.1) is 0 Å². The zero-order valence-electron chi connectivity index (χ0n) is 8.72. The number of rotatable bonds is 5. The van der Waals surface area contributed by atoms with Crippen LogP contribution in [0.4, 0.5) is 5.69 Å². The zero-order chi connectivity index (χ0) is 12.0. The Morgan fingerprint density at radius 3 is 2.81 bits per heavy atom. The first kappa shape index (κ1) is 12.0. The monoisotopic (exact) mass is 219 g/mol. The quantitative estimate of drug-likeness (QED) is 0.446. The van der Waals surface area contributed by atoms with Crippen molar-refractivity contribution < 1.29 is 14.7 Å². The molecule has 0 amide bonds. The number of benzene rings is 1. The van der Waals surface area contributed by atoms with E-state index >= 15 is 0 Å². The van der Waals surface area contributed by atoms with Crippen molar-refractivity contribution in [1.29, 1.82) is 0 Å². The first-order valence-corrected chi connectivity index (χ1v) is 4.86. The van der Waals surface area contributed by atoms with Gasteiger partial charge in [0.15, 0.2) is 0 Å². The van der Waals surface area contributed by atoms with Crippen LogP contribution in [0.25, 0.3) is 6.08 Å². The molecule has 1 aromatic rings. The fourth-order valence-electron chi connectivity index (χ4n) is 1.33. The summed E-state index contributed by atoms with van der Waals surface area (Å²) >= 11 is 0. The molecule has 1 aromatic carbocycles. The number of carboxylic acids is 1. The van der Waals surface area contributed by atoms with Gasteiger partial charge in [-0.1, -0.05) is 6.07 Å². The smallest absolute Gasteiger partial charge is 0.328 e. The molecule has 0 aliphatic rings. The molecule has 0 heterocycles. The van der Waals surface area contributed by atoms with Crippen molar-refractivity contribution in [2.24, 2.45) is 0 Å². The number of carbonyl (C=O) groups is 2. The third-order valence-corrected chi connectivity index (χ3v) is 2.12. The second-order valence-electron chi connectivity index (χ2n) is 3.34. The molecule has 0 aliphatic carbocycles. The number of nitrogens with two attached hydrogens (primary N) is 1. The van der Waals surface area contributed by atoms with Gasteiger partial charge in [0.2, 0.25) is 0 Å². The van der Waals surface area contributed by atoms with Gasteiger partial charge in [0.25, 0.3) is 0 Å². The van der Waals surface area contributed by atoms with Gasteiger partial charge in [-0.05, 0) is 35.8 Å². The summed E-state index contributed by atoms with van der Waals surface area (Å²) in [6.45, 7) is 0. The van der Waals surface area contributed by atoms with Crippen molar-refractivity contribution in [3.05, 3.63) is 35.4 Å². The van der Waals surface area contributed by atoms with E-state index in [9.17, 15) is 9.59 Å². The molecular formula is C12H13NO3. The lowest BCUT2D eigenvalue weighted by atomic mass is 10.0. The highest BCUT2D eigenvalue weighted by atomic mass is 16.4. The summed E-state index contributed by atoms with van der Waals surface area (Å²) in [7, 11) is 0. The summed E-state index contributed by atoms with van der Waals surface area (Å²) in [4.78, 5) is 20.6. The van der Waals surface area contributed by atoms with Gasteiger partial charge in [-0.2, -0.15) is 0 Å². The number of carboxylic acid groups (broad SMARTS) is 1. The van der Waals surface area contributed by atoms with Gasteiger partial charge in [-0.3, -0.25) is 0 Å². The highest BCUT2D eigenvalue weighted by Crippen LogP contribution is 2.16. The van der Waals surface area contributed by atoms with E-state index in [0.29, 0.717) is 18.5 Å². The number of aliphatic carboxylic acids is 1. The Bertz CT molecular complexity index is 424. The molecule has 0 unspecified atom stereocenters. The first-order chi connectivity index (χ1) is 7.63. The predicted octanol–water partition coefficient (Wildman–Crippen LogP) is 1.50. The minimum atomic E-state index is -0.994. The molecule has 3 N–H and O–H groups in total. The summed E-state index contributed by atoms with van der Waals surface area (Å²) in [5.74, 6) is -0.994. The highest BCUT2D eigenvalue weighted by molar-refractivity contribution is 5.85. The summed E-state index contributed by atoms with van der Waals surface area (Å²) in [5, 5.41) is 8.48. The summed E-state index contributed by atoms with van der Waals surface area (Å²) in [6, 6.07) is 5.24. The van der Waals surface area contributed by atoms with Crippen LogP contribution in [0.15, 0.2) is 24.3 Å². The maximum atomic E-state index is 10.3. The van der Waals surface area contributed by atoms with Crippen molar-refractivity contribution >= 4 is 24.0 Å². The van der Waals surface area contributed by atoms with E-state index in [1.165, 1.54) is 6.08 Å². The van der Waals surface area contributed by atoms with Crippen LogP contribution in [0.1, 0.15) is 17.5 Å². The molecule has 0 aliphatic heterocycles. The molecule has 0 aromatic heterocycles. The summed E-state index contributed by atoms with van der Waals surface area (Å²) in [6.07, 6.45) is 4.38. The Balaban J connectivity index is 2.88. The highest BCUT2D eigenvalue weighted by Gasteiger charge is 2.00. The Labute approximate surface area is 93.4 Å². The van der Waals surface area contributed by atoms with E-state index < -0.39 is 5.97 Å². The van der Waals surface area contributed by atoms with Crippen molar-refractivity contribution in [3.63, 3.8) is 0 Å². The normalized spacial score (nSPS) is 10.5. The minimum absolute atomic E-state index is 0.413. The molecule has 0 spiro atoms. The van der Waals surface area contributed by atoms with Crippen molar-refractivity contribution in [1.82, 2.24) is 0 Å². The average molecular weight is 219 g/mol. The number of aldehydes is 1. The number of nitrogen functional groups attached to an aromatic ring is 1. The lowest BCUT2D eigenvalue weighted by Crippen LogP contribution is -1.95. The largest absolute Gasteiger partial charge is 0.478 e. The molecule has 0 saturated carbocycles. The van der Waals surface area contributed by atoms with Crippen LogP contribution in [-0.4, -0.2) is 17.4 Å². The Morgan fingerprint density at radius 1 is 1.44 bits per heavy atom. The number of hydrogen-bond donors (Lipinski definition) is 2. The van der Waals surface area contributed by atoms with Gasteiger partial charge in [0.1, 0.15) is 6.29 Å². The third kappa shape index (κ3) is 3.57. The Kier molecular flexibility index (Phi) is 4.27. The molecule has 4 nitrogen and oxygen atoms in total. The molecule has 84 valence electrons. The third-order valence-electron chi connectivity index (χ3n) is 2.12. The van der Waals surface area contributed by atoms with Crippen LogP contribution in [0, 0.1) is 0 Å². The average Bonchev–Trinajstić information content (AvgIpc) is 2.26. The Hall–Kier alpha value is -2.10. The molecular weight excluding hydrogens is 206 g/mol. The van der Waals surface area contributed by atoms with E-state index in [1.807, 2.05) is 0 Å². The number of carbonyl (C=O) groups excluding carboxylic acids is 1. The summed E-state index contributed by atoms with van der Waals surface area (Å²) < 4.78 is 0. The molecule has 1 rings (SSSR count). The number of hydrogen-bond acceptors (Lipinski definition) is 3. The molecule has 0 atom stereocenters. The van der Waals surface area contributed by atoms with E-state index in [4.69, 9.17) is 10.8 Å². The van der Waals surface area contributed by atoms with Gasteiger partial charge in [-0.25, -0.2) is 4.79 Å². The maximum absolute atomic E-state index is 10.3. The van der Waals surface area contributed by atoms with Crippen LogP contribution >= 0.6 is 0 Å². The molecule has 0 bridgehead atoms. The zero-order valence-corrected chi connectivity index (χ0v) is 8.72. The van der Waals surface area contributed by atoms with Crippen LogP contribution in [0.3, 0.4) is 0 Å². The first-order valence-electron chi connectivity index (χ1n) is 4.86. The SMILES string of the molecule is Nc1ccc(/C=C/C(=O)O)cc1CCC=O. The predicted molar refractivity (Wildman–Crippen MR) is 61.9 cm³/mol. The molecule has 0 saturated heterocycles. The van der Waals surface area contributed by atoms with Crippen molar-refractivity contribution in [2.45, 2.75) is 12.8 Å². The van der Waals surface area contributed by atoms with Crippen molar-refractivity contribution in [3.8, 4) is 0 Å². The van der Waals surface area contributed by atoms with Gasteiger partial charge in [0, 0.05) is 18.2 Å². The second kappa shape index (κ2) is 5.70. The lowest BCUT2D eigenvalue weighted by Gasteiger charge is -2.04. The van der Waals surface area contributed by atoms with Crippen LogP contribution in [0.2, 0.25) is 0 Å². The molecule has 16 heavy (non-hydrogen) atoms.